The fraction of sp³-hybridized carbons (Fsp3) is 0.0625. The van der Waals surface area contributed by atoms with Gasteiger partial charge in [0.2, 0.25) is 11.2 Å². The van der Waals surface area contributed by atoms with Gasteiger partial charge in [0, 0.05) is 11.1 Å². The van der Waals surface area contributed by atoms with E-state index in [0.717, 1.165) is 11.1 Å². The Kier molecular flexibility index (Phi) is 5.15. The number of rotatable bonds is 5. The van der Waals surface area contributed by atoms with Crippen LogP contribution in [0.1, 0.15) is 22.3 Å². The minimum atomic E-state index is -1.43. The normalized spacial score (nSPS) is 23.0. The SMILES string of the molecule is O=C1O[C@](c2ccccc2)([C@]2(c3ccccc3)C=C(c3ccccc3)C(=O)O2)C=C1c1ccccc1. The summed E-state index contributed by atoms with van der Waals surface area (Å²) in [5, 5.41) is 0. The van der Waals surface area contributed by atoms with E-state index >= 15 is 0 Å². The van der Waals surface area contributed by atoms with E-state index in [2.05, 4.69) is 0 Å². The van der Waals surface area contributed by atoms with Gasteiger partial charge in [0.05, 0.1) is 11.1 Å². The van der Waals surface area contributed by atoms with Gasteiger partial charge in [-0.1, -0.05) is 121 Å². The van der Waals surface area contributed by atoms with Crippen LogP contribution in [0.15, 0.2) is 133 Å². The lowest BCUT2D eigenvalue weighted by molar-refractivity contribution is -0.183. The number of hydrogen-bond donors (Lipinski definition) is 0. The van der Waals surface area contributed by atoms with Crippen LogP contribution >= 0.6 is 0 Å². The van der Waals surface area contributed by atoms with Crippen LogP contribution in [0.2, 0.25) is 0 Å². The fourth-order valence-electron chi connectivity index (χ4n) is 5.07. The van der Waals surface area contributed by atoms with E-state index in [1.807, 2.05) is 133 Å². The van der Waals surface area contributed by atoms with Crippen LogP contribution in [-0.2, 0) is 30.3 Å². The van der Waals surface area contributed by atoms with E-state index in [1.165, 1.54) is 0 Å². The van der Waals surface area contributed by atoms with Gasteiger partial charge in [0.25, 0.3) is 0 Å². The molecule has 0 saturated carbocycles. The molecule has 4 aromatic rings. The summed E-state index contributed by atoms with van der Waals surface area (Å²) in [7, 11) is 0. The van der Waals surface area contributed by atoms with Gasteiger partial charge in [-0.3, -0.25) is 0 Å². The van der Waals surface area contributed by atoms with Crippen LogP contribution < -0.4 is 0 Å². The zero-order chi connectivity index (χ0) is 24.6. The predicted molar refractivity (Wildman–Crippen MR) is 137 cm³/mol. The largest absolute Gasteiger partial charge is 0.441 e. The Balaban J connectivity index is 1.67. The summed E-state index contributed by atoms with van der Waals surface area (Å²) >= 11 is 0. The van der Waals surface area contributed by atoms with E-state index < -0.39 is 23.1 Å². The fourth-order valence-corrected chi connectivity index (χ4v) is 5.07. The van der Waals surface area contributed by atoms with Crippen LogP contribution in [0.3, 0.4) is 0 Å². The summed E-state index contributed by atoms with van der Waals surface area (Å²) in [6, 6.07) is 37.7. The second-order valence-corrected chi connectivity index (χ2v) is 8.83. The van der Waals surface area contributed by atoms with Gasteiger partial charge in [-0.25, -0.2) is 9.59 Å². The van der Waals surface area contributed by atoms with Crippen molar-refractivity contribution < 1.29 is 19.1 Å². The molecule has 4 aromatic carbocycles. The molecule has 0 aromatic heterocycles. The second-order valence-electron chi connectivity index (χ2n) is 8.83. The molecule has 0 amide bonds. The highest BCUT2D eigenvalue weighted by Crippen LogP contribution is 2.56. The summed E-state index contributed by atoms with van der Waals surface area (Å²) in [4.78, 5) is 27.0. The smallest absolute Gasteiger partial charge is 0.339 e. The van der Waals surface area contributed by atoms with Gasteiger partial charge >= 0.3 is 11.9 Å². The third-order valence-electron chi connectivity index (χ3n) is 6.77. The summed E-state index contributed by atoms with van der Waals surface area (Å²) < 4.78 is 12.6. The number of cyclic esters (lactones) is 2. The lowest BCUT2D eigenvalue weighted by atomic mass is 9.72. The van der Waals surface area contributed by atoms with E-state index in [1.54, 1.807) is 0 Å². The zero-order valence-corrected chi connectivity index (χ0v) is 19.3. The molecule has 0 saturated heterocycles. The number of carbonyl (C=O) groups is 2. The van der Waals surface area contributed by atoms with Crippen molar-refractivity contribution in [2.75, 3.05) is 0 Å². The highest BCUT2D eigenvalue weighted by atomic mass is 16.6. The molecule has 2 atom stereocenters. The number of esters is 2. The third kappa shape index (κ3) is 3.30. The Morgan fingerprint density at radius 3 is 1.06 bits per heavy atom. The first kappa shape index (κ1) is 21.8. The minimum absolute atomic E-state index is 0.423. The maximum Gasteiger partial charge on any atom is 0.339 e. The Morgan fingerprint density at radius 2 is 0.722 bits per heavy atom. The van der Waals surface area contributed by atoms with Crippen LogP contribution in [0, 0.1) is 0 Å². The van der Waals surface area contributed by atoms with Crippen molar-refractivity contribution in [2.24, 2.45) is 0 Å². The quantitative estimate of drug-likeness (QED) is 0.333. The molecular formula is C32H22O4. The average Bonchev–Trinajstić information content (AvgIpc) is 3.50. The molecule has 0 fully saturated rings. The Hall–Kier alpha value is -4.70. The van der Waals surface area contributed by atoms with E-state index in [4.69, 9.17) is 9.47 Å². The molecule has 0 spiro atoms. The Morgan fingerprint density at radius 1 is 0.417 bits per heavy atom. The van der Waals surface area contributed by atoms with Crippen molar-refractivity contribution in [1.29, 1.82) is 0 Å². The monoisotopic (exact) mass is 470 g/mol. The number of hydrogen-bond acceptors (Lipinski definition) is 4. The van der Waals surface area contributed by atoms with Crippen molar-refractivity contribution in [3.05, 3.63) is 156 Å². The lowest BCUT2D eigenvalue weighted by Crippen LogP contribution is -2.48. The highest BCUT2D eigenvalue weighted by Gasteiger charge is 2.63. The van der Waals surface area contributed by atoms with E-state index in [0.29, 0.717) is 22.3 Å². The molecule has 2 heterocycles. The maximum absolute atomic E-state index is 13.5. The molecule has 36 heavy (non-hydrogen) atoms. The summed E-state index contributed by atoms with van der Waals surface area (Å²) in [5.74, 6) is -0.948. The molecule has 4 nitrogen and oxygen atoms in total. The number of benzene rings is 4. The molecule has 0 aliphatic carbocycles. The molecule has 0 radical (unpaired) electrons. The molecule has 4 heteroatoms. The summed E-state index contributed by atoms with van der Waals surface area (Å²) in [6.07, 6.45) is 3.62. The number of ether oxygens (including phenoxy) is 2. The summed E-state index contributed by atoms with van der Waals surface area (Å²) in [5.41, 5.74) is 0.867. The highest BCUT2D eigenvalue weighted by molar-refractivity contribution is 6.21. The Bertz CT molecular complexity index is 1370. The van der Waals surface area contributed by atoms with Gasteiger partial charge < -0.3 is 9.47 Å². The van der Waals surface area contributed by atoms with Crippen LogP contribution in [0.4, 0.5) is 0 Å². The first-order chi connectivity index (χ1) is 17.6. The molecule has 174 valence electrons. The maximum atomic E-state index is 13.5. The average molecular weight is 471 g/mol. The molecule has 2 aliphatic rings. The topological polar surface area (TPSA) is 52.6 Å². The second kappa shape index (κ2) is 8.51. The van der Waals surface area contributed by atoms with E-state index in [-0.39, 0.29) is 0 Å². The predicted octanol–water partition coefficient (Wildman–Crippen LogP) is 6.06. The lowest BCUT2D eigenvalue weighted by Gasteiger charge is -2.42. The number of carbonyl (C=O) groups excluding carboxylic acids is 2. The van der Waals surface area contributed by atoms with Crippen LogP contribution in [0.5, 0.6) is 0 Å². The van der Waals surface area contributed by atoms with Crippen LogP contribution in [0.25, 0.3) is 11.1 Å². The molecule has 0 N–H and O–H groups in total. The van der Waals surface area contributed by atoms with E-state index in [9.17, 15) is 9.59 Å². The van der Waals surface area contributed by atoms with Crippen molar-refractivity contribution in [2.45, 2.75) is 11.2 Å². The summed E-state index contributed by atoms with van der Waals surface area (Å²) in [6.45, 7) is 0. The van der Waals surface area contributed by atoms with Gasteiger partial charge in [0.15, 0.2) is 0 Å². The van der Waals surface area contributed by atoms with Crippen molar-refractivity contribution >= 4 is 23.1 Å². The van der Waals surface area contributed by atoms with Gasteiger partial charge in [-0.15, -0.1) is 0 Å². The van der Waals surface area contributed by atoms with Crippen LogP contribution in [-0.4, -0.2) is 11.9 Å². The zero-order valence-electron chi connectivity index (χ0n) is 19.3. The van der Waals surface area contributed by atoms with Crippen molar-refractivity contribution in [1.82, 2.24) is 0 Å². The van der Waals surface area contributed by atoms with Gasteiger partial charge in [-0.05, 0) is 23.3 Å². The molecule has 6 rings (SSSR count). The third-order valence-corrected chi connectivity index (χ3v) is 6.77. The molecule has 2 aliphatic heterocycles. The first-order valence-corrected chi connectivity index (χ1v) is 11.8. The van der Waals surface area contributed by atoms with Crippen molar-refractivity contribution in [3.63, 3.8) is 0 Å². The first-order valence-electron chi connectivity index (χ1n) is 11.8. The molecular weight excluding hydrogens is 448 g/mol. The van der Waals surface area contributed by atoms with Crippen molar-refractivity contribution in [3.8, 4) is 0 Å². The van der Waals surface area contributed by atoms with Gasteiger partial charge in [0.1, 0.15) is 0 Å². The van der Waals surface area contributed by atoms with Gasteiger partial charge in [-0.2, -0.15) is 0 Å². The minimum Gasteiger partial charge on any atom is -0.441 e. The molecule has 0 unspecified atom stereocenters. The molecule has 0 bridgehead atoms. The Labute approximate surface area is 209 Å². The standard InChI is InChI=1S/C32H22O4/c33-29-27(23-13-5-1-6-14-23)21-31(35-29,25-17-9-3-10-18-25)32(26-19-11-4-12-20-26)22-28(30(34)36-32)24-15-7-2-8-16-24/h1-22H/t31-,32-/m1/s1.